The molecular formula is C27H43N3O9. The van der Waals surface area contributed by atoms with Crippen molar-refractivity contribution >= 4 is 29.6 Å². The smallest absolute Gasteiger partial charge is 0.328 e. The molecular weight excluding hydrogens is 510 g/mol. The number of aliphatic carboxylic acids is 4. The second kappa shape index (κ2) is 22.5. The van der Waals surface area contributed by atoms with Crippen LogP contribution in [0.15, 0.2) is 41.1 Å². The lowest BCUT2D eigenvalue weighted by Gasteiger charge is -2.32. The van der Waals surface area contributed by atoms with E-state index in [0.717, 1.165) is 26.0 Å². The van der Waals surface area contributed by atoms with Crippen LogP contribution < -0.4 is 0 Å². The highest BCUT2D eigenvalue weighted by atomic mass is 16.6. The van der Waals surface area contributed by atoms with E-state index in [1.54, 1.807) is 0 Å². The minimum atomic E-state index is -1.26. The summed E-state index contributed by atoms with van der Waals surface area (Å²) in [4.78, 5) is 48.8. The summed E-state index contributed by atoms with van der Waals surface area (Å²) in [5.41, 5.74) is 2.66. The van der Waals surface area contributed by atoms with Crippen LogP contribution in [0.2, 0.25) is 0 Å². The molecule has 0 unspecified atom stereocenters. The normalized spacial score (nSPS) is 18.3. The number of carboxylic acid groups (broad SMARTS) is 4. The number of likely N-dealkylation sites (N-methyl/N-ethyl adjacent to an activating group) is 1. The van der Waals surface area contributed by atoms with Crippen LogP contribution in [0.5, 0.6) is 0 Å². The number of rotatable bonds is 12. The van der Waals surface area contributed by atoms with E-state index in [2.05, 4.69) is 35.0 Å². The van der Waals surface area contributed by atoms with Crippen LogP contribution >= 0.6 is 0 Å². The van der Waals surface area contributed by atoms with Crippen molar-refractivity contribution in [3.8, 4) is 0 Å². The number of allylic oxidation sites excluding steroid dienone is 2. The first-order valence-electron chi connectivity index (χ1n) is 13.1. The van der Waals surface area contributed by atoms with Gasteiger partial charge in [-0.15, -0.1) is 0 Å². The Hall–Kier alpha value is -3.51. The number of carbonyl (C=O) groups is 4. The molecule has 2 fully saturated rings. The summed E-state index contributed by atoms with van der Waals surface area (Å²) in [6.07, 6.45) is 14.3. The van der Waals surface area contributed by atoms with Gasteiger partial charge in [0.2, 0.25) is 0 Å². The fourth-order valence-electron chi connectivity index (χ4n) is 3.55. The van der Waals surface area contributed by atoms with E-state index in [1.807, 2.05) is 0 Å². The standard InChI is InChI=1S/C19H35N3O.2C4H4O4/c1-3-4-5-9-18-10-6-7-11-19(18)20-23-17-8-12-22-15-13-21(2)14-16-22;2*5-3(6)1-2-4(7)8/h9H,3-8,10-17H2,1-2H3;2*1-2H,(H,5,6)(H,7,8)/b18-9+,20-19+;2*2-1+. The maximum atomic E-state index is 9.55. The predicted octanol–water partition coefficient (Wildman–Crippen LogP) is 3.11. The molecule has 2 aliphatic rings. The first-order chi connectivity index (χ1) is 18.5. The molecule has 0 atom stereocenters. The fourth-order valence-corrected chi connectivity index (χ4v) is 3.55. The highest BCUT2D eigenvalue weighted by molar-refractivity contribution is 6.00. The Morgan fingerprint density at radius 3 is 1.82 bits per heavy atom. The van der Waals surface area contributed by atoms with Gasteiger partial charge in [0.1, 0.15) is 6.61 Å². The number of nitrogens with zero attached hydrogens (tertiary/aromatic N) is 3. The average Bonchev–Trinajstić information content (AvgIpc) is 2.89. The topological polar surface area (TPSA) is 177 Å². The largest absolute Gasteiger partial charge is 0.478 e. The van der Waals surface area contributed by atoms with Crippen LogP contribution in [0.4, 0.5) is 0 Å². The van der Waals surface area contributed by atoms with Crippen molar-refractivity contribution in [2.45, 2.75) is 58.3 Å². The molecule has 12 nitrogen and oxygen atoms in total. The second-order valence-corrected chi connectivity index (χ2v) is 8.97. The highest BCUT2D eigenvalue weighted by Crippen LogP contribution is 2.22. The summed E-state index contributed by atoms with van der Waals surface area (Å²) >= 11 is 0. The number of unbranched alkanes of at least 4 members (excludes halogenated alkanes) is 2. The first-order valence-corrected chi connectivity index (χ1v) is 13.1. The summed E-state index contributed by atoms with van der Waals surface area (Å²) in [5, 5.41) is 35.7. The molecule has 0 aromatic heterocycles. The van der Waals surface area contributed by atoms with Gasteiger partial charge in [-0.3, -0.25) is 0 Å². The van der Waals surface area contributed by atoms with E-state index >= 15 is 0 Å². The number of hydrogen-bond donors (Lipinski definition) is 4. The molecule has 4 N–H and O–H groups in total. The Kier molecular flexibility index (Phi) is 20.4. The predicted molar refractivity (Wildman–Crippen MR) is 147 cm³/mol. The van der Waals surface area contributed by atoms with Crippen molar-refractivity contribution in [1.29, 1.82) is 0 Å². The third-order valence-electron chi connectivity index (χ3n) is 5.65. The molecule has 1 saturated heterocycles. The van der Waals surface area contributed by atoms with E-state index in [1.165, 1.54) is 76.0 Å². The van der Waals surface area contributed by atoms with Crippen molar-refractivity contribution in [3.63, 3.8) is 0 Å². The molecule has 1 aliphatic heterocycles. The summed E-state index contributed by atoms with van der Waals surface area (Å²) < 4.78 is 0. The van der Waals surface area contributed by atoms with Gasteiger partial charge in [-0.2, -0.15) is 0 Å². The number of carboxylic acids is 4. The summed E-state index contributed by atoms with van der Waals surface area (Å²) in [6.45, 7) is 8.89. The van der Waals surface area contributed by atoms with Crippen LogP contribution in [0.25, 0.3) is 0 Å². The number of hydrogen-bond acceptors (Lipinski definition) is 8. The number of oxime groups is 1. The molecule has 0 spiro atoms. The SMILES string of the molecule is CCCC/C=C1\CCCC\C1=N/OCCCN1CCN(C)CC1.O=C(O)/C=C/C(=O)O.O=C(O)/C=C/C(=O)O. The Labute approximate surface area is 229 Å². The van der Waals surface area contributed by atoms with Gasteiger partial charge >= 0.3 is 23.9 Å². The maximum absolute atomic E-state index is 9.55. The second-order valence-electron chi connectivity index (χ2n) is 8.97. The van der Waals surface area contributed by atoms with Crippen LogP contribution in [-0.2, 0) is 24.0 Å². The van der Waals surface area contributed by atoms with Crippen LogP contribution in [0.1, 0.15) is 58.3 Å². The highest BCUT2D eigenvalue weighted by Gasteiger charge is 2.14. The van der Waals surface area contributed by atoms with Gasteiger partial charge in [-0.1, -0.05) is 31.0 Å². The molecule has 0 radical (unpaired) electrons. The molecule has 220 valence electrons. The third kappa shape index (κ3) is 22.2. The Morgan fingerprint density at radius 2 is 1.33 bits per heavy atom. The third-order valence-corrected chi connectivity index (χ3v) is 5.65. The van der Waals surface area contributed by atoms with Gasteiger partial charge in [-0.25, -0.2) is 19.2 Å². The van der Waals surface area contributed by atoms with Crippen LogP contribution in [0, 0.1) is 0 Å². The zero-order valence-corrected chi connectivity index (χ0v) is 23.0. The Balaban J connectivity index is 0.000000742. The minimum Gasteiger partial charge on any atom is -0.478 e. The molecule has 0 amide bonds. The molecule has 1 aliphatic carbocycles. The van der Waals surface area contributed by atoms with Gasteiger partial charge in [0.15, 0.2) is 0 Å². The van der Waals surface area contributed by atoms with Gasteiger partial charge < -0.3 is 35.1 Å². The number of piperazine rings is 1. The maximum Gasteiger partial charge on any atom is 0.328 e. The Bertz CT molecular complexity index is 808. The zero-order valence-electron chi connectivity index (χ0n) is 23.0. The lowest BCUT2D eigenvalue weighted by atomic mass is 9.92. The molecule has 39 heavy (non-hydrogen) atoms. The van der Waals surface area contributed by atoms with Gasteiger partial charge in [0.25, 0.3) is 0 Å². The fraction of sp³-hybridized carbons (Fsp3) is 0.593. The van der Waals surface area contributed by atoms with E-state index in [9.17, 15) is 19.2 Å². The van der Waals surface area contributed by atoms with Crippen molar-refractivity contribution < 1.29 is 44.4 Å². The monoisotopic (exact) mass is 553 g/mol. The van der Waals surface area contributed by atoms with Crippen molar-refractivity contribution in [1.82, 2.24) is 9.80 Å². The molecule has 0 bridgehead atoms. The summed E-state index contributed by atoms with van der Waals surface area (Å²) in [5.74, 6) is -5.03. The van der Waals surface area contributed by atoms with Crippen molar-refractivity contribution in [2.24, 2.45) is 5.16 Å². The van der Waals surface area contributed by atoms with Gasteiger partial charge in [0, 0.05) is 57.0 Å². The average molecular weight is 554 g/mol. The summed E-state index contributed by atoms with van der Waals surface area (Å²) in [6, 6.07) is 0. The van der Waals surface area contributed by atoms with Crippen molar-refractivity contribution in [3.05, 3.63) is 36.0 Å². The Morgan fingerprint density at radius 1 is 0.821 bits per heavy atom. The lowest BCUT2D eigenvalue weighted by molar-refractivity contribution is -0.134. The molecule has 1 heterocycles. The quantitative estimate of drug-likeness (QED) is 0.159. The van der Waals surface area contributed by atoms with E-state index in [-0.39, 0.29) is 0 Å². The molecule has 12 heteroatoms. The van der Waals surface area contributed by atoms with Crippen LogP contribution in [-0.4, -0.2) is 106 Å². The molecule has 0 aromatic rings. The van der Waals surface area contributed by atoms with E-state index < -0.39 is 23.9 Å². The summed E-state index contributed by atoms with van der Waals surface area (Å²) in [7, 11) is 2.20. The van der Waals surface area contributed by atoms with Crippen LogP contribution in [0.3, 0.4) is 0 Å². The van der Waals surface area contributed by atoms with Gasteiger partial charge in [0.05, 0.1) is 5.71 Å². The van der Waals surface area contributed by atoms with E-state index in [0.29, 0.717) is 24.3 Å². The first kappa shape index (κ1) is 35.5. The zero-order chi connectivity index (χ0) is 29.5. The molecule has 2 rings (SSSR count). The minimum absolute atomic E-state index is 0.558. The molecule has 0 aromatic carbocycles. The molecule has 1 saturated carbocycles. The lowest BCUT2D eigenvalue weighted by Crippen LogP contribution is -2.44. The van der Waals surface area contributed by atoms with E-state index in [4.69, 9.17) is 25.3 Å². The van der Waals surface area contributed by atoms with Gasteiger partial charge in [-0.05, 0) is 51.1 Å². The van der Waals surface area contributed by atoms with Crippen molar-refractivity contribution in [2.75, 3.05) is 46.4 Å².